The number of carbonyl (C=O) groups is 1. The molecule has 0 fully saturated rings. The number of anilines is 1. The van der Waals surface area contributed by atoms with Crippen molar-refractivity contribution in [1.82, 2.24) is 9.99 Å². The highest BCUT2D eigenvalue weighted by Gasteiger charge is 2.20. The van der Waals surface area contributed by atoms with E-state index in [1.165, 1.54) is 13.3 Å². The maximum atomic E-state index is 12.4. The lowest BCUT2D eigenvalue weighted by Gasteiger charge is -2.21. The van der Waals surface area contributed by atoms with Gasteiger partial charge in [-0.3, -0.25) is 9.10 Å². The number of halogens is 1. The standard InChI is InChI=1S/C23H25ClN4O4S/c1-16-12-18(17(2)28(16)21-7-5-6-19(24)13-21)14-25-26-23(29)15-27(33(4,30)31)20-8-10-22(32-3)11-9-20/h5-14H,15H2,1-4H3,(H,26,29)/b25-14-. The smallest absolute Gasteiger partial charge is 0.260 e. The Morgan fingerprint density at radius 2 is 1.88 bits per heavy atom. The minimum absolute atomic E-state index is 0.350. The number of benzene rings is 2. The van der Waals surface area contributed by atoms with Crippen LogP contribution in [0.2, 0.25) is 5.02 Å². The van der Waals surface area contributed by atoms with Crippen molar-refractivity contribution in [3.63, 3.8) is 0 Å². The summed E-state index contributed by atoms with van der Waals surface area (Å²) < 4.78 is 32.6. The van der Waals surface area contributed by atoms with E-state index in [9.17, 15) is 13.2 Å². The molecule has 0 saturated heterocycles. The summed E-state index contributed by atoms with van der Waals surface area (Å²) in [6, 6.07) is 15.8. The van der Waals surface area contributed by atoms with Crippen molar-refractivity contribution in [1.29, 1.82) is 0 Å². The molecule has 0 atom stereocenters. The monoisotopic (exact) mass is 488 g/mol. The molecule has 10 heteroatoms. The molecule has 8 nitrogen and oxygen atoms in total. The second-order valence-electron chi connectivity index (χ2n) is 7.40. The maximum Gasteiger partial charge on any atom is 0.260 e. The zero-order valence-electron chi connectivity index (χ0n) is 18.7. The topological polar surface area (TPSA) is 93.0 Å². The molecule has 33 heavy (non-hydrogen) atoms. The third-order valence-corrected chi connectivity index (χ3v) is 6.35. The Morgan fingerprint density at radius 1 is 1.18 bits per heavy atom. The summed E-state index contributed by atoms with van der Waals surface area (Å²) >= 11 is 6.12. The molecular formula is C23H25ClN4O4S. The number of ether oxygens (including phenoxy) is 1. The molecule has 0 radical (unpaired) electrons. The van der Waals surface area contributed by atoms with E-state index in [1.54, 1.807) is 24.3 Å². The van der Waals surface area contributed by atoms with Crippen LogP contribution in [-0.4, -0.2) is 45.0 Å². The Hall–Kier alpha value is -3.30. The van der Waals surface area contributed by atoms with Crippen LogP contribution in [0, 0.1) is 13.8 Å². The molecule has 0 bridgehead atoms. The zero-order valence-corrected chi connectivity index (χ0v) is 20.3. The van der Waals surface area contributed by atoms with Crippen LogP contribution in [0.4, 0.5) is 5.69 Å². The highest BCUT2D eigenvalue weighted by atomic mass is 35.5. The first-order valence-corrected chi connectivity index (χ1v) is 12.2. The van der Waals surface area contributed by atoms with Gasteiger partial charge in [0.2, 0.25) is 10.0 Å². The fourth-order valence-corrected chi connectivity index (χ4v) is 4.46. The summed E-state index contributed by atoms with van der Waals surface area (Å²) in [5.74, 6) is 0.00719. The van der Waals surface area contributed by atoms with Gasteiger partial charge < -0.3 is 9.30 Å². The molecule has 0 unspecified atom stereocenters. The number of carbonyl (C=O) groups excluding carboxylic acids is 1. The number of hydrogen-bond acceptors (Lipinski definition) is 5. The number of nitrogens with zero attached hydrogens (tertiary/aromatic N) is 3. The number of hydrazone groups is 1. The van der Waals surface area contributed by atoms with Gasteiger partial charge in [0.05, 0.1) is 25.3 Å². The Labute approximate surface area is 198 Å². The molecule has 1 amide bonds. The number of rotatable bonds is 8. The van der Waals surface area contributed by atoms with Crippen LogP contribution in [0.3, 0.4) is 0 Å². The molecule has 1 aromatic heterocycles. The number of amides is 1. The molecule has 0 aliphatic rings. The van der Waals surface area contributed by atoms with Gasteiger partial charge in [-0.2, -0.15) is 5.10 Å². The second-order valence-corrected chi connectivity index (χ2v) is 9.75. The first kappa shape index (κ1) is 24.3. The van der Waals surface area contributed by atoms with Crippen molar-refractivity contribution < 1.29 is 17.9 Å². The summed E-state index contributed by atoms with van der Waals surface area (Å²) in [6.45, 7) is 3.48. The van der Waals surface area contributed by atoms with Gasteiger partial charge in [-0.05, 0) is 62.4 Å². The number of sulfonamides is 1. The molecule has 0 saturated carbocycles. The zero-order chi connectivity index (χ0) is 24.2. The van der Waals surface area contributed by atoms with E-state index in [0.717, 1.165) is 33.2 Å². The fourth-order valence-electron chi connectivity index (χ4n) is 3.42. The van der Waals surface area contributed by atoms with Crippen LogP contribution in [0.5, 0.6) is 5.75 Å². The second kappa shape index (κ2) is 10.1. The Bertz CT molecular complexity index is 1280. The quantitative estimate of drug-likeness (QED) is 0.386. The van der Waals surface area contributed by atoms with Crippen LogP contribution in [0.25, 0.3) is 5.69 Å². The van der Waals surface area contributed by atoms with Crippen molar-refractivity contribution in [2.75, 3.05) is 24.2 Å². The van der Waals surface area contributed by atoms with Crippen LogP contribution in [0.1, 0.15) is 17.0 Å². The molecule has 3 aromatic rings. The average Bonchev–Trinajstić information content (AvgIpc) is 3.04. The third-order valence-electron chi connectivity index (χ3n) is 4.98. The maximum absolute atomic E-state index is 12.4. The SMILES string of the molecule is COc1ccc(N(CC(=O)N/N=C\c2cc(C)n(-c3cccc(Cl)c3)c2C)S(C)(=O)=O)cc1. The molecule has 2 aromatic carbocycles. The average molecular weight is 489 g/mol. The molecular weight excluding hydrogens is 464 g/mol. The van der Waals surface area contributed by atoms with E-state index in [0.29, 0.717) is 16.5 Å². The Balaban J connectivity index is 1.73. The van der Waals surface area contributed by atoms with Crippen molar-refractivity contribution in [2.24, 2.45) is 5.10 Å². The largest absolute Gasteiger partial charge is 0.497 e. The number of hydrogen-bond donors (Lipinski definition) is 1. The number of aryl methyl sites for hydroxylation is 1. The molecule has 0 aliphatic carbocycles. The van der Waals surface area contributed by atoms with E-state index < -0.39 is 22.5 Å². The van der Waals surface area contributed by atoms with Gasteiger partial charge in [-0.1, -0.05) is 17.7 Å². The molecule has 1 N–H and O–H groups in total. The van der Waals surface area contributed by atoms with Gasteiger partial charge in [0.15, 0.2) is 0 Å². The predicted molar refractivity (Wildman–Crippen MR) is 131 cm³/mol. The molecule has 3 rings (SSSR count). The van der Waals surface area contributed by atoms with Crippen LogP contribution in [-0.2, 0) is 14.8 Å². The summed E-state index contributed by atoms with van der Waals surface area (Å²) in [6.07, 6.45) is 2.57. The summed E-state index contributed by atoms with van der Waals surface area (Å²) in [5, 5.41) is 4.65. The Kier molecular flexibility index (Phi) is 7.45. The highest BCUT2D eigenvalue weighted by Crippen LogP contribution is 2.23. The minimum Gasteiger partial charge on any atom is -0.497 e. The van der Waals surface area contributed by atoms with Gasteiger partial charge in [-0.15, -0.1) is 0 Å². The number of nitrogens with one attached hydrogen (secondary N) is 1. The predicted octanol–water partition coefficient (Wildman–Crippen LogP) is 3.67. The number of aromatic nitrogens is 1. The molecule has 0 aliphatic heterocycles. The van der Waals surface area contributed by atoms with Crippen molar-refractivity contribution >= 4 is 39.4 Å². The van der Waals surface area contributed by atoms with Crippen LogP contribution in [0.15, 0.2) is 59.7 Å². The summed E-state index contributed by atoms with van der Waals surface area (Å²) in [5.41, 5.74) is 6.38. The van der Waals surface area contributed by atoms with Gasteiger partial charge in [0.25, 0.3) is 5.91 Å². The van der Waals surface area contributed by atoms with E-state index in [-0.39, 0.29) is 0 Å². The highest BCUT2D eigenvalue weighted by molar-refractivity contribution is 7.92. The third kappa shape index (κ3) is 5.94. The van der Waals surface area contributed by atoms with Crippen molar-refractivity contribution in [3.8, 4) is 11.4 Å². The minimum atomic E-state index is -3.69. The van der Waals surface area contributed by atoms with Gasteiger partial charge in [-0.25, -0.2) is 13.8 Å². The van der Waals surface area contributed by atoms with E-state index in [1.807, 2.05) is 48.7 Å². The number of methoxy groups -OCH3 is 1. The van der Waals surface area contributed by atoms with E-state index in [2.05, 4.69) is 10.5 Å². The van der Waals surface area contributed by atoms with Crippen LogP contribution < -0.4 is 14.5 Å². The van der Waals surface area contributed by atoms with E-state index >= 15 is 0 Å². The fraction of sp³-hybridized carbons (Fsp3) is 0.217. The Morgan fingerprint density at radius 3 is 2.48 bits per heavy atom. The first-order valence-electron chi connectivity index (χ1n) is 9.98. The summed E-state index contributed by atoms with van der Waals surface area (Å²) in [4.78, 5) is 12.4. The van der Waals surface area contributed by atoms with Gasteiger partial charge in [0, 0.05) is 27.7 Å². The molecule has 174 valence electrons. The summed E-state index contributed by atoms with van der Waals surface area (Å²) in [7, 11) is -2.17. The first-order chi connectivity index (χ1) is 15.6. The van der Waals surface area contributed by atoms with Gasteiger partial charge >= 0.3 is 0 Å². The molecule has 1 heterocycles. The van der Waals surface area contributed by atoms with Crippen LogP contribution >= 0.6 is 11.6 Å². The normalized spacial score (nSPS) is 11.5. The lowest BCUT2D eigenvalue weighted by Crippen LogP contribution is -2.39. The molecule has 0 spiro atoms. The van der Waals surface area contributed by atoms with Gasteiger partial charge in [0.1, 0.15) is 12.3 Å². The lowest BCUT2D eigenvalue weighted by molar-refractivity contribution is -0.119. The van der Waals surface area contributed by atoms with Crippen molar-refractivity contribution in [3.05, 3.63) is 76.6 Å². The van der Waals surface area contributed by atoms with Crippen molar-refractivity contribution in [2.45, 2.75) is 13.8 Å². The lowest BCUT2D eigenvalue weighted by atomic mass is 10.2. The van der Waals surface area contributed by atoms with E-state index in [4.69, 9.17) is 16.3 Å².